The SMILES string of the molecule is COc1ccc(-c2ccc(N3C(=O)OC(C)C3C)cc2)cc1. The molecule has 0 spiro atoms. The first-order chi connectivity index (χ1) is 10.6. The Morgan fingerprint density at radius 2 is 1.50 bits per heavy atom. The minimum absolute atomic E-state index is 0.0411. The summed E-state index contributed by atoms with van der Waals surface area (Å²) in [5.41, 5.74) is 3.07. The second-order valence-electron chi connectivity index (χ2n) is 5.47. The average Bonchev–Trinajstić information content (AvgIpc) is 2.80. The lowest BCUT2D eigenvalue weighted by molar-refractivity contribution is 0.143. The quantitative estimate of drug-likeness (QED) is 0.856. The van der Waals surface area contributed by atoms with E-state index >= 15 is 0 Å². The molecule has 1 heterocycles. The largest absolute Gasteiger partial charge is 0.497 e. The maximum absolute atomic E-state index is 11.9. The van der Waals surface area contributed by atoms with Crippen molar-refractivity contribution < 1.29 is 14.3 Å². The molecule has 0 N–H and O–H groups in total. The highest BCUT2D eigenvalue weighted by Crippen LogP contribution is 2.29. The van der Waals surface area contributed by atoms with E-state index < -0.39 is 0 Å². The van der Waals surface area contributed by atoms with Crippen LogP contribution in [0.4, 0.5) is 10.5 Å². The summed E-state index contributed by atoms with van der Waals surface area (Å²) in [7, 11) is 1.65. The van der Waals surface area contributed by atoms with E-state index in [2.05, 4.69) is 0 Å². The third-order valence-corrected chi connectivity index (χ3v) is 4.14. The van der Waals surface area contributed by atoms with Crippen molar-refractivity contribution in [2.24, 2.45) is 0 Å². The zero-order valence-electron chi connectivity index (χ0n) is 12.9. The molecule has 2 aromatic carbocycles. The number of benzene rings is 2. The predicted molar refractivity (Wildman–Crippen MR) is 86.3 cm³/mol. The van der Waals surface area contributed by atoms with Gasteiger partial charge < -0.3 is 9.47 Å². The Kier molecular flexibility index (Phi) is 3.75. The molecule has 2 aromatic rings. The van der Waals surface area contributed by atoms with Gasteiger partial charge in [-0.05, 0) is 49.2 Å². The Balaban J connectivity index is 1.84. The summed E-state index contributed by atoms with van der Waals surface area (Å²) in [5, 5.41) is 0. The minimum Gasteiger partial charge on any atom is -0.497 e. The van der Waals surface area contributed by atoms with Crippen LogP contribution < -0.4 is 9.64 Å². The Labute approximate surface area is 130 Å². The number of ether oxygens (including phenoxy) is 2. The third kappa shape index (κ3) is 2.52. The minimum atomic E-state index is -0.280. The van der Waals surface area contributed by atoms with Crippen molar-refractivity contribution in [2.75, 3.05) is 12.0 Å². The van der Waals surface area contributed by atoms with Crippen molar-refractivity contribution in [3.8, 4) is 16.9 Å². The van der Waals surface area contributed by atoms with E-state index in [0.717, 1.165) is 22.6 Å². The van der Waals surface area contributed by atoms with Crippen molar-refractivity contribution >= 4 is 11.8 Å². The Hall–Kier alpha value is -2.49. The van der Waals surface area contributed by atoms with Crippen LogP contribution in [0.1, 0.15) is 13.8 Å². The van der Waals surface area contributed by atoms with Gasteiger partial charge in [-0.25, -0.2) is 4.79 Å². The third-order valence-electron chi connectivity index (χ3n) is 4.14. The normalized spacial score (nSPS) is 20.9. The van der Waals surface area contributed by atoms with E-state index in [9.17, 15) is 4.79 Å². The lowest BCUT2D eigenvalue weighted by atomic mass is 10.0. The van der Waals surface area contributed by atoms with Crippen LogP contribution in [0.3, 0.4) is 0 Å². The number of amides is 1. The Bertz CT molecular complexity index is 664. The summed E-state index contributed by atoms with van der Waals surface area (Å²) in [4.78, 5) is 13.6. The summed E-state index contributed by atoms with van der Waals surface area (Å²) >= 11 is 0. The lowest BCUT2D eigenvalue weighted by Gasteiger charge is -2.19. The number of rotatable bonds is 3. The van der Waals surface area contributed by atoms with Gasteiger partial charge in [0.15, 0.2) is 0 Å². The number of hydrogen-bond acceptors (Lipinski definition) is 3. The summed E-state index contributed by atoms with van der Waals surface area (Å²) < 4.78 is 10.4. The number of hydrogen-bond donors (Lipinski definition) is 0. The van der Waals surface area contributed by atoms with Crippen LogP contribution in [0.25, 0.3) is 11.1 Å². The monoisotopic (exact) mass is 297 g/mol. The van der Waals surface area contributed by atoms with Gasteiger partial charge in [0.25, 0.3) is 0 Å². The maximum Gasteiger partial charge on any atom is 0.415 e. The second-order valence-corrected chi connectivity index (χ2v) is 5.47. The summed E-state index contributed by atoms with van der Waals surface area (Å²) in [6.45, 7) is 3.90. The first kappa shape index (κ1) is 14.4. The van der Waals surface area contributed by atoms with Crippen molar-refractivity contribution in [1.82, 2.24) is 0 Å². The molecule has 0 radical (unpaired) electrons. The molecule has 4 nitrogen and oxygen atoms in total. The highest BCUT2D eigenvalue weighted by atomic mass is 16.6. The van der Waals surface area contributed by atoms with E-state index in [-0.39, 0.29) is 18.2 Å². The highest BCUT2D eigenvalue weighted by molar-refractivity contribution is 5.91. The molecular weight excluding hydrogens is 278 g/mol. The number of anilines is 1. The molecule has 1 fully saturated rings. The van der Waals surface area contributed by atoms with Crippen molar-refractivity contribution in [3.05, 3.63) is 48.5 Å². The first-order valence-corrected chi connectivity index (χ1v) is 7.34. The van der Waals surface area contributed by atoms with Gasteiger partial charge in [0.1, 0.15) is 11.9 Å². The van der Waals surface area contributed by atoms with E-state index in [0.29, 0.717) is 0 Å². The standard InChI is InChI=1S/C18H19NO3/c1-12-13(2)22-18(20)19(12)16-8-4-14(5-9-16)15-6-10-17(21-3)11-7-15/h4-13H,1-3H3. The molecule has 1 saturated heterocycles. The molecule has 0 saturated carbocycles. The summed E-state index contributed by atoms with van der Waals surface area (Å²) in [6, 6.07) is 15.9. The van der Waals surface area contributed by atoms with Gasteiger partial charge in [0, 0.05) is 5.69 Å². The number of cyclic esters (lactones) is 1. The van der Waals surface area contributed by atoms with Crippen LogP contribution in [0.15, 0.2) is 48.5 Å². The molecule has 1 aliphatic heterocycles. The predicted octanol–water partition coefficient (Wildman–Crippen LogP) is 4.10. The molecule has 0 aliphatic carbocycles. The smallest absolute Gasteiger partial charge is 0.415 e. The molecule has 0 bridgehead atoms. The van der Waals surface area contributed by atoms with Gasteiger partial charge in [-0.3, -0.25) is 4.90 Å². The van der Waals surface area contributed by atoms with Crippen LogP contribution in [0, 0.1) is 0 Å². The highest BCUT2D eigenvalue weighted by Gasteiger charge is 2.36. The molecule has 4 heteroatoms. The lowest BCUT2D eigenvalue weighted by Crippen LogP contribution is -2.33. The van der Waals surface area contributed by atoms with Gasteiger partial charge in [0.2, 0.25) is 0 Å². The zero-order valence-corrected chi connectivity index (χ0v) is 12.9. The van der Waals surface area contributed by atoms with E-state index in [4.69, 9.17) is 9.47 Å². The van der Waals surface area contributed by atoms with Crippen LogP contribution in [-0.2, 0) is 4.74 Å². The van der Waals surface area contributed by atoms with Gasteiger partial charge in [-0.2, -0.15) is 0 Å². The first-order valence-electron chi connectivity index (χ1n) is 7.34. The molecule has 114 valence electrons. The fourth-order valence-electron chi connectivity index (χ4n) is 2.63. The van der Waals surface area contributed by atoms with Crippen LogP contribution in [0.2, 0.25) is 0 Å². The fraction of sp³-hybridized carbons (Fsp3) is 0.278. The average molecular weight is 297 g/mol. The van der Waals surface area contributed by atoms with Crippen LogP contribution in [0.5, 0.6) is 5.75 Å². The van der Waals surface area contributed by atoms with E-state index in [1.54, 1.807) is 12.0 Å². The zero-order chi connectivity index (χ0) is 15.7. The Morgan fingerprint density at radius 3 is 1.95 bits per heavy atom. The molecule has 2 atom stereocenters. The molecule has 1 amide bonds. The molecular formula is C18H19NO3. The number of methoxy groups -OCH3 is 1. The van der Waals surface area contributed by atoms with Gasteiger partial charge >= 0.3 is 6.09 Å². The van der Waals surface area contributed by atoms with Crippen LogP contribution in [-0.4, -0.2) is 25.3 Å². The van der Waals surface area contributed by atoms with Crippen LogP contribution >= 0.6 is 0 Å². The van der Waals surface area contributed by atoms with Gasteiger partial charge in [-0.15, -0.1) is 0 Å². The summed E-state index contributed by atoms with van der Waals surface area (Å²) in [6.07, 6.45) is -0.369. The molecule has 3 rings (SSSR count). The molecule has 1 aliphatic rings. The Morgan fingerprint density at radius 1 is 0.955 bits per heavy atom. The number of carbonyl (C=O) groups excluding carboxylic acids is 1. The van der Waals surface area contributed by atoms with Gasteiger partial charge in [-0.1, -0.05) is 24.3 Å². The van der Waals surface area contributed by atoms with E-state index in [1.165, 1.54) is 0 Å². The number of carbonyl (C=O) groups is 1. The maximum atomic E-state index is 11.9. The van der Waals surface area contributed by atoms with Gasteiger partial charge in [0.05, 0.1) is 13.2 Å². The topological polar surface area (TPSA) is 38.8 Å². The second kappa shape index (κ2) is 5.72. The molecule has 2 unspecified atom stereocenters. The van der Waals surface area contributed by atoms with E-state index in [1.807, 2.05) is 62.4 Å². The molecule has 22 heavy (non-hydrogen) atoms. The van der Waals surface area contributed by atoms with Crippen molar-refractivity contribution in [1.29, 1.82) is 0 Å². The number of nitrogens with zero attached hydrogens (tertiary/aromatic N) is 1. The fourth-order valence-corrected chi connectivity index (χ4v) is 2.63. The summed E-state index contributed by atoms with van der Waals surface area (Å²) in [5.74, 6) is 0.836. The molecule has 0 aromatic heterocycles. The van der Waals surface area contributed by atoms with Crippen molar-refractivity contribution in [2.45, 2.75) is 26.0 Å². The van der Waals surface area contributed by atoms with Crippen molar-refractivity contribution in [3.63, 3.8) is 0 Å².